The van der Waals surface area contributed by atoms with Gasteiger partial charge in [-0.2, -0.15) is 0 Å². The minimum atomic E-state index is -0.824. The van der Waals surface area contributed by atoms with E-state index in [1.807, 2.05) is 0 Å². The van der Waals surface area contributed by atoms with Crippen molar-refractivity contribution in [3.8, 4) is 0 Å². The van der Waals surface area contributed by atoms with Gasteiger partial charge in [0, 0.05) is 17.8 Å². The van der Waals surface area contributed by atoms with Gasteiger partial charge in [-0.05, 0) is 48.0 Å². The molecule has 4 nitrogen and oxygen atoms in total. The van der Waals surface area contributed by atoms with Gasteiger partial charge in [0.05, 0.1) is 12.7 Å². The molecule has 2 rings (SSSR count). The molecule has 1 unspecified atom stereocenters. The Morgan fingerprint density at radius 2 is 1.78 bits per heavy atom. The van der Waals surface area contributed by atoms with Crippen molar-refractivity contribution in [3.63, 3.8) is 0 Å². The second kappa shape index (κ2) is 8.22. The van der Waals surface area contributed by atoms with Gasteiger partial charge in [-0.25, -0.2) is 4.39 Å². The molecule has 0 radical (unpaired) electrons. The number of carbonyl (C=O) groups excluding carboxylic acids is 1. The van der Waals surface area contributed by atoms with Gasteiger partial charge in [-0.15, -0.1) is 0 Å². The molecular weight excluding hydrogens is 297 g/mol. The Morgan fingerprint density at radius 3 is 2.39 bits per heavy atom. The Balaban J connectivity index is 1.95. The number of aliphatic hydroxyl groups is 2. The van der Waals surface area contributed by atoms with Gasteiger partial charge in [0.1, 0.15) is 5.82 Å². The van der Waals surface area contributed by atoms with E-state index in [1.165, 1.54) is 18.2 Å². The fourth-order valence-electron chi connectivity index (χ4n) is 1.89. The van der Waals surface area contributed by atoms with Crippen LogP contribution in [0.1, 0.15) is 15.9 Å². The molecule has 3 N–H and O–H groups in total. The fraction of sp³-hybridized carbons (Fsp3) is 0.167. The van der Waals surface area contributed by atoms with E-state index in [0.29, 0.717) is 5.56 Å². The van der Waals surface area contributed by atoms with Crippen LogP contribution in [0.2, 0.25) is 0 Å². The number of anilines is 1. The van der Waals surface area contributed by atoms with E-state index in [2.05, 4.69) is 5.32 Å². The van der Waals surface area contributed by atoms with Gasteiger partial charge in [-0.3, -0.25) is 4.79 Å². The molecule has 0 aromatic heterocycles. The van der Waals surface area contributed by atoms with Crippen LogP contribution in [-0.4, -0.2) is 35.3 Å². The normalized spacial score (nSPS) is 12.3. The molecular formula is C18H18FNO3. The van der Waals surface area contributed by atoms with Crippen molar-refractivity contribution < 1.29 is 19.4 Å². The van der Waals surface area contributed by atoms with Crippen molar-refractivity contribution in [2.24, 2.45) is 0 Å². The third-order valence-corrected chi connectivity index (χ3v) is 3.22. The first-order valence-electron chi connectivity index (χ1n) is 7.19. The second-order valence-electron chi connectivity index (χ2n) is 5.04. The van der Waals surface area contributed by atoms with Crippen LogP contribution in [0.25, 0.3) is 6.08 Å². The Hall–Kier alpha value is -2.50. The first-order chi connectivity index (χ1) is 11.1. The largest absolute Gasteiger partial charge is 0.394 e. The third kappa shape index (κ3) is 5.32. The summed E-state index contributed by atoms with van der Waals surface area (Å²) >= 11 is 0. The van der Waals surface area contributed by atoms with E-state index in [1.54, 1.807) is 42.5 Å². The predicted molar refractivity (Wildman–Crippen MR) is 87.8 cm³/mol. The molecule has 0 heterocycles. The zero-order chi connectivity index (χ0) is 16.7. The highest BCUT2D eigenvalue weighted by Crippen LogP contribution is 2.12. The van der Waals surface area contributed by atoms with Crippen molar-refractivity contribution >= 4 is 17.5 Å². The fourth-order valence-corrected chi connectivity index (χ4v) is 1.89. The molecule has 1 atom stereocenters. The lowest BCUT2D eigenvalue weighted by molar-refractivity contribution is 0.104. The summed E-state index contributed by atoms with van der Waals surface area (Å²) in [6.45, 7) is -0.0774. The maximum Gasteiger partial charge on any atom is 0.185 e. The molecule has 0 aliphatic carbocycles. The summed E-state index contributed by atoms with van der Waals surface area (Å²) in [6, 6.07) is 12.7. The Kier molecular flexibility index (Phi) is 6.02. The Morgan fingerprint density at radius 1 is 1.13 bits per heavy atom. The summed E-state index contributed by atoms with van der Waals surface area (Å²) in [4.78, 5) is 12.1. The van der Waals surface area contributed by atoms with Crippen molar-refractivity contribution in [1.29, 1.82) is 0 Å². The molecule has 0 saturated heterocycles. The molecule has 0 saturated carbocycles. The summed E-state index contributed by atoms with van der Waals surface area (Å²) in [7, 11) is 0. The SMILES string of the molecule is O=C(C=Cc1ccc(F)cc1)c1ccc(NCC(O)CO)cc1. The van der Waals surface area contributed by atoms with Crippen molar-refractivity contribution in [3.05, 3.63) is 71.6 Å². The first-order valence-corrected chi connectivity index (χ1v) is 7.19. The lowest BCUT2D eigenvalue weighted by Gasteiger charge is -2.10. The number of halogens is 1. The van der Waals surface area contributed by atoms with Gasteiger partial charge in [0.25, 0.3) is 0 Å². The van der Waals surface area contributed by atoms with E-state index in [9.17, 15) is 14.3 Å². The van der Waals surface area contributed by atoms with Crippen LogP contribution in [0.15, 0.2) is 54.6 Å². The summed E-state index contributed by atoms with van der Waals surface area (Å²) in [5.74, 6) is -0.473. The van der Waals surface area contributed by atoms with E-state index < -0.39 is 6.10 Å². The molecule has 0 bridgehead atoms. The maximum absolute atomic E-state index is 12.8. The molecule has 120 valence electrons. The lowest BCUT2D eigenvalue weighted by Crippen LogP contribution is -2.22. The number of allylic oxidation sites excluding steroid dienone is 1. The lowest BCUT2D eigenvalue weighted by atomic mass is 10.1. The molecule has 0 spiro atoms. The number of aliphatic hydroxyl groups excluding tert-OH is 2. The van der Waals surface area contributed by atoms with Crippen LogP contribution in [0.5, 0.6) is 0 Å². The molecule has 2 aromatic rings. The molecule has 2 aromatic carbocycles. The number of nitrogens with one attached hydrogen (secondary N) is 1. The van der Waals surface area contributed by atoms with E-state index >= 15 is 0 Å². The number of ketones is 1. The smallest absolute Gasteiger partial charge is 0.185 e. The van der Waals surface area contributed by atoms with Crippen molar-refractivity contribution in [2.75, 3.05) is 18.5 Å². The van der Waals surface area contributed by atoms with Crippen molar-refractivity contribution in [2.45, 2.75) is 6.10 Å². The van der Waals surface area contributed by atoms with Crippen LogP contribution in [0.3, 0.4) is 0 Å². The quantitative estimate of drug-likeness (QED) is 0.542. The zero-order valence-electron chi connectivity index (χ0n) is 12.4. The standard InChI is InChI=1S/C18H18FNO3/c19-15-6-1-13(2-7-15)3-10-18(23)14-4-8-16(9-5-14)20-11-17(22)12-21/h1-10,17,20-22H,11-12H2. The highest BCUT2D eigenvalue weighted by molar-refractivity contribution is 6.06. The summed E-state index contributed by atoms with van der Waals surface area (Å²) in [5, 5.41) is 20.9. The molecule has 0 aliphatic heterocycles. The summed E-state index contributed by atoms with van der Waals surface area (Å²) in [5.41, 5.74) is 2.02. The third-order valence-electron chi connectivity index (χ3n) is 3.22. The maximum atomic E-state index is 12.8. The minimum Gasteiger partial charge on any atom is -0.394 e. The van der Waals surface area contributed by atoms with Gasteiger partial charge < -0.3 is 15.5 Å². The van der Waals surface area contributed by atoms with E-state index in [-0.39, 0.29) is 24.8 Å². The van der Waals surface area contributed by atoms with Crippen LogP contribution >= 0.6 is 0 Å². The number of rotatable bonds is 7. The Labute approximate surface area is 133 Å². The number of hydrogen-bond acceptors (Lipinski definition) is 4. The first kappa shape index (κ1) is 16.9. The van der Waals surface area contributed by atoms with E-state index in [0.717, 1.165) is 11.3 Å². The minimum absolute atomic E-state index is 0.156. The number of hydrogen-bond donors (Lipinski definition) is 3. The van der Waals surface area contributed by atoms with Crippen molar-refractivity contribution in [1.82, 2.24) is 0 Å². The van der Waals surface area contributed by atoms with Gasteiger partial charge in [0.2, 0.25) is 0 Å². The van der Waals surface area contributed by atoms with Crippen LogP contribution in [-0.2, 0) is 0 Å². The zero-order valence-corrected chi connectivity index (χ0v) is 12.4. The second-order valence-corrected chi connectivity index (χ2v) is 5.04. The Bertz CT molecular complexity index is 666. The molecule has 0 fully saturated rings. The molecule has 23 heavy (non-hydrogen) atoms. The topological polar surface area (TPSA) is 69.6 Å². The van der Waals surface area contributed by atoms with Crippen LogP contribution in [0.4, 0.5) is 10.1 Å². The number of benzene rings is 2. The summed E-state index contributed by atoms with van der Waals surface area (Å²) < 4.78 is 12.8. The van der Waals surface area contributed by atoms with Gasteiger partial charge >= 0.3 is 0 Å². The monoisotopic (exact) mass is 315 g/mol. The van der Waals surface area contributed by atoms with E-state index in [4.69, 9.17) is 5.11 Å². The van der Waals surface area contributed by atoms with Gasteiger partial charge in [-0.1, -0.05) is 18.2 Å². The molecule has 0 aliphatic rings. The highest BCUT2D eigenvalue weighted by Gasteiger charge is 2.04. The average Bonchev–Trinajstić information content (AvgIpc) is 2.59. The van der Waals surface area contributed by atoms with Crippen LogP contribution < -0.4 is 5.32 Å². The molecule has 5 heteroatoms. The van der Waals surface area contributed by atoms with Gasteiger partial charge in [0.15, 0.2) is 5.78 Å². The summed E-state index contributed by atoms with van der Waals surface area (Å²) in [6.07, 6.45) is 2.24. The highest BCUT2D eigenvalue weighted by atomic mass is 19.1. The predicted octanol–water partition coefficient (Wildman–Crippen LogP) is 2.49. The average molecular weight is 315 g/mol. The molecule has 0 amide bonds. The van der Waals surface area contributed by atoms with Crippen LogP contribution in [0, 0.1) is 5.82 Å². The number of carbonyl (C=O) groups is 1.